The van der Waals surface area contributed by atoms with Crippen LogP contribution >= 0.6 is 11.6 Å². The minimum Gasteiger partial charge on any atom is -0.490 e. The van der Waals surface area contributed by atoms with Crippen molar-refractivity contribution in [3.05, 3.63) is 58.8 Å². The molecule has 30 heavy (non-hydrogen) atoms. The first-order valence-electron chi connectivity index (χ1n) is 10.1. The third-order valence-corrected chi connectivity index (χ3v) is 6.51. The molecule has 1 saturated heterocycles. The predicted octanol–water partition coefficient (Wildman–Crippen LogP) is 3.87. The number of nitrogens with zero attached hydrogens (tertiary/aromatic N) is 5. The van der Waals surface area contributed by atoms with E-state index in [0.29, 0.717) is 39.4 Å². The summed E-state index contributed by atoms with van der Waals surface area (Å²) in [6.07, 6.45) is 6.83. The Kier molecular flexibility index (Phi) is 4.84. The summed E-state index contributed by atoms with van der Waals surface area (Å²) in [7, 11) is 0. The second-order valence-corrected chi connectivity index (χ2v) is 8.87. The minimum absolute atomic E-state index is 0.198. The number of pyridine rings is 1. The molecule has 0 unspecified atom stereocenters. The maximum absolute atomic E-state index is 14.2. The molecule has 2 aromatic heterocycles. The van der Waals surface area contributed by atoms with Gasteiger partial charge >= 0.3 is 0 Å². The van der Waals surface area contributed by atoms with Gasteiger partial charge in [0.2, 0.25) is 0 Å². The van der Waals surface area contributed by atoms with Crippen LogP contribution in [-0.4, -0.2) is 45.2 Å². The number of hydrogen-bond donors (Lipinski definition) is 0. The molecule has 1 saturated carbocycles. The molecule has 0 atom stereocenters. The number of nitriles is 1. The van der Waals surface area contributed by atoms with Crippen molar-refractivity contribution in [2.45, 2.75) is 31.8 Å². The van der Waals surface area contributed by atoms with E-state index in [2.05, 4.69) is 21.2 Å². The van der Waals surface area contributed by atoms with Crippen molar-refractivity contribution in [2.75, 3.05) is 19.6 Å². The highest BCUT2D eigenvalue weighted by atomic mass is 35.5. The van der Waals surface area contributed by atoms with Crippen LogP contribution in [0.5, 0.6) is 5.75 Å². The molecule has 0 N–H and O–H groups in total. The second kappa shape index (κ2) is 7.53. The second-order valence-electron chi connectivity index (χ2n) is 8.46. The minimum atomic E-state index is -0.205. The molecule has 3 heterocycles. The Morgan fingerprint density at radius 3 is 2.93 bits per heavy atom. The molecule has 0 bridgehead atoms. The van der Waals surface area contributed by atoms with Crippen molar-refractivity contribution in [1.82, 2.24) is 19.5 Å². The summed E-state index contributed by atoms with van der Waals surface area (Å²) in [5.41, 5.74) is 2.18. The maximum atomic E-state index is 14.2. The van der Waals surface area contributed by atoms with Crippen molar-refractivity contribution in [3.63, 3.8) is 0 Å². The lowest BCUT2D eigenvalue weighted by atomic mass is 9.61. The van der Waals surface area contributed by atoms with Crippen LogP contribution in [0.15, 0.2) is 36.8 Å². The van der Waals surface area contributed by atoms with Crippen LogP contribution in [0, 0.1) is 22.6 Å². The Morgan fingerprint density at radius 1 is 1.30 bits per heavy atom. The van der Waals surface area contributed by atoms with Gasteiger partial charge in [-0.3, -0.25) is 4.40 Å². The molecule has 5 rings (SSSR count). The number of aromatic nitrogens is 3. The summed E-state index contributed by atoms with van der Waals surface area (Å²) >= 11 is 5.97. The molecule has 2 aliphatic rings. The lowest BCUT2D eigenvalue weighted by Gasteiger charge is -2.58. The zero-order valence-corrected chi connectivity index (χ0v) is 17.1. The molecular weight excluding hydrogens is 405 g/mol. The van der Waals surface area contributed by atoms with E-state index < -0.39 is 0 Å². The molecule has 0 radical (unpaired) electrons. The van der Waals surface area contributed by atoms with Crippen molar-refractivity contribution in [1.29, 1.82) is 5.26 Å². The molecule has 1 aliphatic carbocycles. The molecule has 154 valence electrons. The Morgan fingerprint density at radius 2 is 2.13 bits per heavy atom. The van der Waals surface area contributed by atoms with Crippen LogP contribution < -0.4 is 4.74 Å². The summed E-state index contributed by atoms with van der Waals surface area (Å²) in [4.78, 5) is 2.43. The lowest BCUT2D eigenvalue weighted by molar-refractivity contribution is -0.119. The van der Waals surface area contributed by atoms with E-state index >= 15 is 0 Å². The summed E-state index contributed by atoms with van der Waals surface area (Å²) in [6, 6.07) is 9.09. The van der Waals surface area contributed by atoms with E-state index in [1.807, 2.05) is 6.07 Å². The summed E-state index contributed by atoms with van der Waals surface area (Å²) in [5, 5.41) is 17.3. The van der Waals surface area contributed by atoms with E-state index in [-0.39, 0.29) is 11.9 Å². The highest BCUT2D eigenvalue weighted by Gasteiger charge is 2.53. The van der Waals surface area contributed by atoms with Crippen molar-refractivity contribution in [3.8, 4) is 11.8 Å². The lowest BCUT2D eigenvalue weighted by Crippen LogP contribution is -2.64. The maximum Gasteiger partial charge on any atom is 0.161 e. The zero-order valence-electron chi connectivity index (χ0n) is 16.4. The summed E-state index contributed by atoms with van der Waals surface area (Å²) in [6.45, 7) is 3.11. The number of ether oxygens (including phenoxy) is 1. The number of benzene rings is 1. The molecule has 0 amide bonds. The summed E-state index contributed by atoms with van der Waals surface area (Å²) in [5.74, 6) is 0.502. The van der Waals surface area contributed by atoms with Crippen molar-refractivity contribution in [2.24, 2.45) is 5.41 Å². The molecule has 3 aromatic rings. The van der Waals surface area contributed by atoms with Gasteiger partial charge in [-0.05, 0) is 62.1 Å². The highest BCUT2D eigenvalue weighted by molar-refractivity contribution is 6.31. The van der Waals surface area contributed by atoms with Crippen LogP contribution in [0.3, 0.4) is 0 Å². The van der Waals surface area contributed by atoms with Gasteiger partial charge < -0.3 is 9.64 Å². The largest absolute Gasteiger partial charge is 0.490 e. The third-order valence-electron chi connectivity index (χ3n) is 6.18. The smallest absolute Gasteiger partial charge is 0.161 e. The van der Waals surface area contributed by atoms with Gasteiger partial charge in [0.1, 0.15) is 24.0 Å². The highest BCUT2D eigenvalue weighted by Crippen LogP contribution is 2.49. The normalized spacial score (nSPS) is 18.2. The van der Waals surface area contributed by atoms with Crippen LogP contribution in [0.1, 0.15) is 30.4 Å². The monoisotopic (exact) mass is 425 g/mol. The van der Waals surface area contributed by atoms with Gasteiger partial charge in [-0.25, -0.2) is 4.39 Å². The zero-order chi connectivity index (χ0) is 20.7. The van der Waals surface area contributed by atoms with E-state index in [0.717, 1.165) is 38.9 Å². The van der Waals surface area contributed by atoms with Gasteiger partial charge in [0, 0.05) is 24.7 Å². The van der Waals surface area contributed by atoms with Gasteiger partial charge in [0.05, 0.1) is 16.7 Å². The van der Waals surface area contributed by atoms with Crippen molar-refractivity contribution >= 4 is 17.2 Å². The quantitative estimate of drug-likeness (QED) is 0.599. The van der Waals surface area contributed by atoms with Gasteiger partial charge in [-0.2, -0.15) is 5.26 Å². The molecule has 2 fully saturated rings. The van der Waals surface area contributed by atoms with Crippen LogP contribution in [-0.2, 0) is 6.42 Å². The fourth-order valence-corrected chi connectivity index (χ4v) is 4.89. The number of rotatable bonds is 6. The van der Waals surface area contributed by atoms with Gasteiger partial charge in [0.25, 0.3) is 0 Å². The number of fused-ring (bicyclic) bond motifs is 1. The molecule has 1 spiro atoms. The standard InChI is InChI=1S/C22H21ClFN5O/c23-19-4-3-17(6-16(19)10-25)30-18-8-22(9-18)12-28(13-22)5-1-2-15-7-21-27-26-14-29(21)11-20(15)24/h3-4,6-7,11,14,18H,1-2,5,8-9,12-13H2. The average Bonchev–Trinajstić information content (AvgIpc) is 3.12. The van der Waals surface area contributed by atoms with E-state index in [1.165, 1.54) is 12.5 Å². The number of aryl methyl sites for hydroxylation is 1. The number of likely N-dealkylation sites (tertiary alicyclic amines) is 1. The molecule has 8 heteroatoms. The van der Waals surface area contributed by atoms with E-state index in [1.54, 1.807) is 22.6 Å². The van der Waals surface area contributed by atoms with Gasteiger partial charge in [-0.15, -0.1) is 10.2 Å². The average molecular weight is 426 g/mol. The Labute approximate surface area is 178 Å². The molecule has 1 aromatic carbocycles. The molecule has 1 aliphatic heterocycles. The Balaban J connectivity index is 1.06. The van der Waals surface area contributed by atoms with E-state index in [4.69, 9.17) is 21.6 Å². The predicted molar refractivity (Wildman–Crippen MR) is 110 cm³/mol. The van der Waals surface area contributed by atoms with Crippen LogP contribution in [0.4, 0.5) is 4.39 Å². The Bertz CT molecular complexity index is 1130. The number of halogens is 2. The Hall–Kier alpha value is -2.69. The third kappa shape index (κ3) is 3.62. The van der Waals surface area contributed by atoms with Crippen molar-refractivity contribution < 1.29 is 9.13 Å². The fourth-order valence-electron chi connectivity index (χ4n) is 4.73. The first-order chi connectivity index (χ1) is 14.5. The molecule has 6 nitrogen and oxygen atoms in total. The van der Waals surface area contributed by atoms with Crippen LogP contribution in [0.2, 0.25) is 5.02 Å². The van der Waals surface area contributed by atoms with E-state index in [9.17, 15) is 4.39 Å². The first-order valence-corrected chi connectivity index (χ1v) is 10.5. The number of hydrogen-bond acceptors (Lipinski definition) is 5. The fraction of sp³-hybridized carbons (Fsp3) is 0.409. The summed E-state index contributed by atoms with van der Waals surface area (Å²) < 4.78 is 21.8. The van der Waals surface area contributed by atoms with Gasteiger partial charge in [-0.1, -0.05) is 11.6 Å². The first kappa shape index (κ1) is 19.3. The SMILES string of the molecule is N#Cc1cc(OC2CC3(C2)CN(CCCc2cc4nncn4cc2F)C3)ccc1Cl. The van der Waals surface area contributed by atoms with Crippen LogP contribution in [0.25, 0.3) is 5.65 Å². The molecular formula is C22H21ClFN5O. The topological polar surface area (TPSA) is 66.5 Å². The van der Waals surface area contributed by atoms with Gasteiger partial charge in [0.15, 0.2) is 5.65 Å².